The Morgan fingerprint density at radius 3 is 2.27 bits per heavy atom. The summed E-state index contributed by atoms with van der Waals surface area (Å²) in [5.41, 5.74) is 0.0367. The normalized spacial score (nSPS) is 20.1. The summed E-state index contributed by atoms with van der Waals surface area (Å²) in [6, 6.07) is 0. The Hall–Kier alpha value is -0.610. The van der Waals surface area contributed by atoms with Gasteiger partial charge in [-0.05, 0) is 12.5 Å². The van der Waals surface area contributed by atoms with Crippen LogP contribution in [-0.4, -0.2) is 48.2 Å². The minimum Gasteiger partial charge on any atom is -0.481 e. The minimum absolute atomic E-state index is 0.168. The molecule has 0 amide bonds. The first-order chi connectivity index (χ1) is 6.75. The number of aliphatic carboxylic acids is 1. The first-order valence-electron chi connectivity index (χ1n) is 5.39. The van der Waals surface area contributed by atoms with Crippen LogP contribution in [0.15, 0.2) is 0 Å². The van der Waals surface area contributed by atoms with Gasteiger partial charge in [-0.15, -0.1) is 0 Å². The zero-order chi connectivity index (χ0) is 11.7. The average molecular weight is 214 g/mol. The highest BCUT2D eigenvalue weighted by molar-refractivity contribution is 5.68. The first kappa shape index (κ1) is 12.5. The van der Waals surface area contributed by atoms with Gasteiger partial charge in [-0.25, -0.2) is 0 Å². The van der Waals surface area contributed by atoms with Crippen LogP contribution in [0, 0.1) is 5.41 Å². The number of hydrogen-bond donors (Lipinski definition) is 2. The van der Waals surface area contributed by atoms with Gasteiger partial charge in [0, 0.05) is 19.6 Å². The van der Waals surface area contributed by atoms with E-state index in [2.05, 4.69) is 31.0 Å². The van der Waals surface area contributed by atoms with Crippen molar-refractivity contribution in [2.45, 2.75) is 32.7 Å². The summed E-state index contributed by atoms with van der Waals surface area (Å²) in [5.74, 6) is -0.711. The molecule has 4 heteroatoms. The standard InChI is InChI=1S/C11H22N2O2/c1-10(2,3)8-13(4)11(5-9(14)15)6-12-7-11/h12H,5-8H2,1-4H3,(H,14,15). The van der Waals surface area contributed by atoms with Crippen LogP contribution in [-0.2, 0) is 4.79 Å². The lowest BCUT2D eigenvalue weighted by Crippen LogP contribution is -2.69. The van der Waals surface area contributed by atoms with Gasteiger partial charge in [0.05, 0.1) is 12.0 Å². The molecule has 0 spiro atoms. The Labute approximate surface area is 91.6 Å². The average Bonchev–Trinajstić information content (AvgIpc) is 1.92. The molecule has 4 nitrogen and oxygen atoms in total. The zero-order valence-electron chi connectivity index (χ0n) is 10.1. The van der Waals surface area contributed by atoms with Crippen molar-refractivity contribution in [1.82, 2.24) is 10.2 Å². The molecule has 0 saturated carbocycles. The molecule has 0 radical (unpaired) electrons. The molecule has 1 saturated heterocycles. The van der Waals surface area contributed by atoms with Crippen molar-refractivity contribution in [2.24, 2.45) is 5.41 Å². The number of rotatable bonds is 4. The topological polar surface area (TPSA) is 52.6 Å². The highest BCUT2D eigenvalue weighted by atomic mass is 16.4. The van der Waals surface area contributed by atoms with Crippen LogP contribution in [0.1, 0.15) is 27.2 Å². The lowest BCUT2D eigenvalue weighted by Gasteiger charge is -2.50. The Morgan fingerprint density at radius 1 is 1.47 bits per heavy atom. The van der Waals surface area contributed by atoms with Gasteiger partial charge in [-0.3, -0.25) is 9.69 Å². The summed E-state index contributed by atoms with van der Waals surface area (Å²) in [6.07, 6.45) is 0.229. The smallest absolute Gasteiger partial charge is 0.305 e. The van der Waals surface area contributed by atoms with Gasteiger partial charge in [-0.1, -0.05) is 20.8 Å². The van der Waals surface area contributed by atoms with Crippen LogP contribution in [0.2, 0.25) is 0 Å². The maximum atomic E-state index is 10.8. The van der Waals surface area contributed by atoms with Crippen LogP contribution < -0.4 is 5.32 Å². The van der Waals surface area contributed by atoms with Crippen molar-refractivity contribution in [2.75, 3.05) is 26.7 Å². The maximum absolute atomic E-state index is 10.8. The SMILES string of the molecule is CN(CC(C)(C)C)C1(CC(=O)O)CNC1. The van der Waals surface area contributed by atoms with E-state index in [1.165, 1.54) is 0 Å². The van der Waals surface area contributed by atoms with Crippen molar-refractivity contribution >= 4 is 5.97 Å². The molecular weight excluding hydrogens is 192 g/mol. The molecule has 0 bridgehead atoms. The molecule has 0 aromatic heterocycles. The summed E-state index contributed by atoms with van der Waals surface area (Å²) in [4.78, 5) is 13.0. The third-order valence-electron chi connectivity index (χ3n) is 2.91. The second-order valence-electron chi connectivity index (χ2n) is 5.82. The fourth-order valence-electron chi connectivity index (χ4n) is 2.10. The highest BCUT2D eigenvalue weighted by Crippen LogP contribution is 2.27. The predicted molar refractivity (Wildman–Crippen MR) is 59.9 cm³/mol. The molecule has 0 unspecified atom stereocenters. The molecule has 1 heterocycles. The van der Waals surface area contributed by atoms with E-state index in [1.54, 1.807) is 0 Å². The van der Waals surface area contributed by atoms with Gasteiger partial charge in [0.15, 0.2) is 0 Å². The van der Waals surface area contributed by atoms with Crippen molar-refractivity contribution in [3.05, 3.63) is 0 Å². The van der Waals surface area contributed by atoms with Gasteiger partial charge in [0.2, 0.25) is 0 Å². The van der Waals surface area contributed by atoms with Crippen molar-refractivity contribution in [3.63, 3.8) is 0 Å². The second kappa shape index (κ2) is 4.10. The summed E-state index contributed by atoms with van der Waals surface area (Å²) < 4.78 is 0. The van der Waals surface area contributed by atoms with Crippen LogP contribution in [0.25, 0.3) is 0 Å². The number of carbonyl (C=O) groups is 1. The predicted octanol–water partition coefficient (Wildman–Crippen LogP) is 0.781. The quantitative estimate of drug-likeness (QED) is 0.726. The molecule has 1 aliphatic rings. The van der Waals surface area contributed by atoms with E-state index in [-0.39, 0.29) is 17.4 Å². The number of nitrogens with zero attached hydrogens (tertiary/aromatic N) is 1. The summed E-state index contributed by atoms with van der Waals surface area (Å²) in [6.45, 7) is 9.00. The first-order valence-corrected chi connectivity index (χ1v) is 5.39. The molecular formula is C11H22N2O2. The largest absolute Gasteiger partial charge is 0.481 e. The molecule has 88 valence electrons. The fourth-order valence-corrected chi connectivity index (χ4v) is 2.10. The number of nitrogens with one attached hydrogen (secondary N) is 1. The van der Waals surface area contributed by atoms with E-state index in [9.17, 15) is 4.79 Å². The highest BCUT2D eigenvalue weighted by Gasteiger charge is 2.43. The molecule has 2 N–H and O–H groups in total. The zero-order valence-corrected chi connectivity index (χ0v) is 10.1. The summed E-state index contributed by atoms with van der Waals surface area (Å²) >= 11 is 0. The third kappa shape index (κ3) is 3.18. The Kier molecular flexibility index (Phi) is 3.41. The Morgan fingerprint density at radius 2 is 2.00 bits per heavy atom. The lowest BCUT2D eigenvalue weighted by atomic mass is 9.84. The van der Waals surface area contributed by atoms with Crippen LogP contribution in [0.5, 0.6) is 0 Å². The Balaban J connectivity index is 2.61. The van der Waals surface area contributed by atoms with Gasteiger partial charge >= 0.3 is 5.97 Å². The molecule has 1 rings (SSSR count). The molecule has 0 aromatic rings. The number of hydrogen-bond acceptors (Lipinski definition) is 3. The summed E-state index contributed by atoms with van der Waals surface area (Å²) in [5, 5.41) is 12.1. The molecule has 1 fully saturated rings. The van der Waals surface area contributed by atoms with E-state index in [1.807, 2.05) is 7.05 Å². The number of carboxylic acids is 1. The molecule has 15 heavy (non-hydrogen) atoms. The molecule has 0 aliphatic carbocycles. The third-order valence-corrected chi connectivity index (χ3v) is 2.91. The van der Waals surface area contributed by atoms with Gasteiger partial charge < -0.3 is 10.4 Å². The van der Waals surface area contributed by atoms with Crippen molar-refractivity contribution in [1.29, 1.82) is 0 Å². The fraction of sp³-hybridized carbons (Fsp3) is 0.909. The van der Waals surface area contributed by atoms with E-state index in [0.717, 1.165) is 19.6 Å². The number of likely N-dealkylation sites (N-methyl/N-ethyl adjacent to an activating group) is 1. The van der Waals surface area contributed by atoms with Gasteiger partial charge in [0.1, 0.15) is 0 Å². The van der Waals surface area contributed by atoms with E-state index >= 15 is 0 Å². The van der Waals surface area contributed by atoms with Crippen molar-refractivity contribution < 1.29 is 9.90 Å². The molecule has 0 aromatic carbocycles. The van der Waals surface area contributed by atoms with Crippen LogP contribution in [0.4, 0.5) is 0 Å². The monoisotopic (exact) mass is 214 g/mol. The number of carboxylic acid groups (broad SMARTS) is 1. The molecule has 0 atom stereocenters. The van der Waals surface area contributed by atoms with E-state index < -0.39 is 5.97 Å². The minimum atomic E-state index is -0.711. The Bertz CT molecular complexity index is 241. The lowest BCUT2D eigenvalue weighted by molar-refractivity contribution is -0.141. The maximum Gasteiger partial charge on any atom is 0.305 e. The molecule has 1 aliphatic heterocycles. The van der Waals surface area contributed by atoms with Gasteiger partial charge in [0.25, 0.3) is 0 Å². The summed E-state index contributed by atoms with van der Waals surface area (Å²) in [7, 11) is 2.02. The van der Waals surface area contributed by atoms with Crippen LogP contribution in [0.3, 0.4) is 0 Å². The second-order valence-corrected chi connectivity index (χ2v) is 5.82. The van der Waals surface area contributed by atoms with E-state index in [0.29, 0.717) is 0 Å². The van der Waals surface area contributed by atoms with Crippen molar-refractivity contribution in [3.8, 4) is 0 Å². The van der Waals surface area contributed by atoms with Crippen LogP contribution >= 0.6 is 0 Å². The van der Waals surface area contributed by atoms with E-state index in [4.69, 9.17) is 5.11 Å². The van der Waals surface area contributed by atoms with Gasteiger partial charge in [-0.2, -0.15) is 0 Å².